The van der Waals surface area contributed by atoms with Gasteiger partial charge in [-0.25, -0.2) is 0 Å². The van der Waals surface area contributed by atoms with Crippen molar-refractivity contribution in [1.29, 1.82) is 0 Å². The highest BCUT2D eigenvalue weighted by atomic mass is 16.2. The van der Waals surface area contributed by atoms with Crippen LogP contribution in [0.15, 0.2) is 0 Å². The maximum atomic E-state index is 11.4. The van der Waals surface area contributed by atoms with Gasteiger partial charge in [0.15, 0.2) is 0 Å². The number of carbonyl (C=O) groups excluding carboxylic acids is 2. The molecule has 4 heteroatoms. The van der Waals surface area contributed by atoms with Gasteiger partial charge in [-0.1, -0.05) is 12.8 Å². The predicted octanol–water partition coefficient (Wildman–Crippen LogP) is 0.819. The van der Waals surface area contributed by atoms with Crippen LogP contribution >= 0.6 is 0 Å². The quantitative estimate of drug-likeness (QED) is 0.726. The summed E-state index contributed by atoms with van der Waals surface area (Å²) in [4.78, 5) is 22.7. The molecular formula is C12H20N2O2. The van der Waals surface area contributed by atoms with Crippen LogP contribution in [0.5, 0.6) is 0 Å². The molecule has 0 saturated heterocycles. The molecule has 2 amide bonds. The summed E-state index contributed by atoms with van der Waals surface area (Å²) in [6.45, 7) is 0.917. The van der Waals surface area contributed by atoms with Crippen LogP contribution in [0.25, 0.3) is 0 Å². The fraction of sp³-hybridized carbons (Fsp3) is 0.833. The first-order valence-electron chi connectivity index (χ1n) is 6.30. The highest BCUT2D eigenvalue weighted by molar-refractivity contribution is 5.86. The smallest absolute Gasteiger partial charge is 0.239 e. The molecule has 16 heavy (non-hydrogen) atoms. The van der Waals surface area contributed by atoms with Gasteiger partial charge >= 0.3 is 0 Å². The van der Waals surface area contributed by atoms with Crippen LogP contribution in [-0.2, 0) is 9.59 Å². The Morgan fingerprint density at radius 2 is 1.69 bits per heavy atom. The lowest BCUT2D eigenvalue weighted by molar-refractivity contribution is -0.126. The first-order chi connectivity index (χ1) is 7.75. The second kappa shape index (κ2) is 5.32. The van der Waals surface area contributed by atoms with Crippen LogP contribution in [0.4, 0.5) is 0 Å². The van der Waals surface area contributed by atoms with Gasteiger partial charge in [0, 0.05) is 12.5 Å². The van der Waals surface area contributed by atoms with E-state index >= 15 is 0 Å². The Morgan fingerprint density at radius 3 is 2.31 bits per heavy atom. The maximum Gasteiger partial charge on any atom is 0.239 e. The lowest BCUT2D eigenvalue weighted by Crippen LogP contribution is -2.39. The average molecular weight is 224 g/mol. The standard InChI is InChI=1S/C12H20N2O2/c15-11(8-14-12(16)10-5-6-10)13-7-9-3-1-2-4-9/h9-10H,1-8H2,(H,13,15)(H,14,16). The van der Waals surface area contributed by atoms with Crippen LogP contribution in [-0.4, -0.2) is 24.9 Å². The molecule has 2 aliphatic rings. The van der Waals surface area contributed by atoms with Crippen molar-refractivity contribution >= 4 is 11.8 Å². The van der Waals surface area contributed by atoms with Crippen molar-refractivity contribution < 1.29 is 9.59 Å². The molecule has 0 radical (unpaired) electrons. The summed E-state index contributed by atoms with van der Waals surface area (Å²) >= 11 is 0. The van der Waals surface area contributed by atoms with Crippen molar-refractivity contribution in [2.24, 2.45) is 11.8 Å². The molecule has 0 bridgehead atoms. The van der Waals surface area contributed by atoms with E-state index in [4.69, 9.17) is 0 Å². The second-order valence-corrected chi connectivity index (χ2v) is 4.95. The molecule has 0 aromatic rings. The molecule has 2 rings (SSSR count). The zero-order valence-corrected chi connectivity index (χ0v) is 9.63. The first-order valence-corrected chi connectivity index (χ1v) is 6.30. The van der Waals surface area contributed by atoms with Crippen molar-refractivity contribution in [3.05, 3.63) is 0 Å². The topological polar surface area (TPSA) is 58.2 Å². The summed E-state index contributed by atoms with van der Waals surface area (Å²) in [6, 6.07) is 0. The average Bonchev–Trinajstić information content (AvgIpc) is 3.01. The van der Waals surface area contributed by atoms with Crippen molar-refractivity contribution in [1.82, 2.24) is 10.6 Å². The molecular weight excluding hydrogens is 204 g/mol. The van der Waals surface area contributed by atoms with E-state index in [1.54, 1.807) is 0 Å². The van der Waals surface area contributed by atoms with E-state index in [0.29, 0.717) is 5.92 Å². The van der Waals surface area contributed by atoms with Crippen molar-refractivity contribution in [3.63, 3.8) is 0 Å². The number of carbonyl (C=O) groups is 2. The third-order valence-electron chi connectivity index (χ3n) is 3.43. The van der Waals surface area contributed by atoms with Gasteiger partial charge in [-0.05, 0) is 31.6 Å². The number of hydrogen-bond donors (Lipinski definition) is 2. The third-order valence-corrected chi connectivity index (χ3v) is 3.43. The number of amides is 2. The van der Waals surface area contributed by atoms with Gasteiger partial charge in [-0.3, -0.25) is 9.59 Å². The molecule has 0 heterocycles. The minimum atomic E-state index is -0.0547. The predicted molar refractivity (Wildman–Crippen MR) is 60.7 cm³/mol. The van der Waals surface area contributed by atoms with Gasteiger partial charge in [0.25, 0.3) is 0 Å². The summed E-state index contributed by atoms with van der Waals surface area (Å²) in [7, 11) is 0. The monoisotopic (exact) mass is 224 g/mol. The molecule has 2 N–H and O–H groups in total. The number of hydrogen-bond acceptors (Lipinski definition) is 2. The van der Waals surface area contributed by atoms with E-state index in [1.807, 2.05) is 0 Å². The Morgan fingerprint density at radius 1 is 1.00 bits per heavy atom. The first kappa shape index (κ1) is 11.4. The fourth-order valence-corrected chi connectivity index (χ4v) is 2.19. The highest BCUT2D eigenvalue weighted by Gasteiger charge is 2.29. The summed E-state index contributed by atoms with van der Waals surface area (Å²) in [5, 5.41) is 5.55. The van der Waals surface area contributed by atoms with E-state index in [2.05, 4.69) is 10.6 Å². The maximum absolute atomic E-state index is 11.4. The van der Waals surface area contributed by atoms with Crippen LogP contribution in [0.3, 0.4) is 0 Å². The van der Waals surface area contributed by atoms with Crippen molar-refractivity contribution in [2.75, 3.05) is 13.1 Å². The summed E-state index contributed by atoms with van der Waals surface area (Å²) < 4.78 is 0. The Hall–Kier alpha value is -1.06. The summed E-state index contributed by atoms with van der Waals surface area (Å²) in [5.41, 5.74) is 0. The normalized spacial score (nSPS) is 20.8. The van der Waals surface area contributed by atoms with E-state index in [0.717, 1.165) is 19.4 Å². The molecule has 2 fully saturated rings. The molecule has 0 spiro atoms. The SMILES string of the molecule is O=C(CNC(=O)C1CC1)NCC1CCCC1. The van der Waals surface area contributed by atoms with Crippen LogP contribution < -0.4 is 10.6 Å². The van der Waals surface area contributed by atoms with Crippen LogP contribution in [0, 0.1) is 11.8 Å². The van der Waals surface area contributed by atoms with E-state index in [1.165, 1.54) is 25.7 Å². The lowest BCUT2D eigenvalue weighted by Gasteiger charge is -2.10. The minimum Gasteiger partial charge on any atom is -0.354 e. The molecule has 4 nitrogen and oxygen atoms in total. The molecule has 0 atom stereocenters. The van der Waals surface area contributed by atoms with Gasteiger partial charge in [-0.15, -0.1) is 0 Å². The van der Waals surface area contributed by atoms with Gasteiger partial charge in [0.2, 0.25) is 11.8 Å². The molecule has 2 aliphatic carbocycles. The molecule has 90 valence electrons. The van der Waals surface area contributed by atoms with Gasteiger partial charge in [-0.2, -0.15) is 0 Å². The highest BCUT2D eigenvalue weighted by Crippen LogP contribution is 2.28. The van der Waals surface area contributed by atoms with E-state index < -0.39 is 0 Å². The summed E-state index contributed by atoms with van der Waals surface area (Å²) in [6.07, 6.45) is 7.01. The third kappa shape index (κ3) is 3.51. The van der Waals surface area contributed by atoms with Crippen LogP contribution in [0.1, 0.15) is 38.5 Å². The van der Waals surface area contributed by atoms with Crippen molar-refractivity contribution in [3.8, 4) is 0 Å². The Kier molecular flexibility index (Phi) is 3.80. The Labute approximate surface area is 96.2 Å². The molecule has 0 aliphatic heterocycles. The van der Waals surface area contributed by atoms with Gasteiger partial charge in [0.05, 0.1) is 6.54 Å². The van der Waals surface area contributed by atoms with Crippen molar-refractivity contribution in [2.45, 2.75) is 38.5 Å². The number of rotatable bonds is 5. The summed E-state index contributed by atoms with van der Waals surface area (Å²) in [5.74, 6) is 0.822. The number of nitrogens with one attached hydrogen (secondary N) is 2. The lowest BCUT2D eigenvalue weighted by atomic mass is 10.1. The van der Waals surface area contributed by atoms with Crippen LogP contribution in [0.2, 0.25) is 0 Å². The zero-order chi connectivity index (χ0) is 11.4. The largest absolute Gasteiger partial charge is 0.354 e. The zero-order valence-electron chi connectivity index (χ0n) is 9.63. The minimum absolute atomic E-state index is 0.0380. The Bertz CT molecular complexity index is 268. The van der Waals surface area contributed by atoms with E-state index in [9.17, 15) is 9.59 Å². The van der Waals surface area contributed by atoms with Gasteiger partial charge < -0.3 is 10.6 Å². The second-order valence-electron chi connectivity index (χ2n) is 4.95. The van der Waals surface area contributed by atoms with E-state index in [-0.39, 0.29) is 24.3 Å². The van der Waals surface area contributed by atoms with Gasteiger partial charge in [0.1, 0.15) is 0 Å². The molecule has 0 aromatic carbocycles. The molecule has 0 aromatic heterocycles. The molecule has 0 unspecified atom stereocenters. The fourth-order valence-electron chi connectivity index (χ4n) is 2.19. The Balaban J connectivity index is 1.54. The molecule has 2 saturated carbocycles.